The van der Waals surface area contributed by atoms with E-state index < -0.39 is 0 Å². The summed E-state index contributed by atoms with van der Waals surface area (Å²) in [6.45, 7) is 3.64. The monoisotopic (exact) mass is 159 g/mol. The lowest BCUT2D eigenvalue weighted by atomic mass is 10.2. The molecule has 0 nitrogen and oxygen atoms in total. The fourth-order valence-electron chi connectivity index (χ4n) is 1.13. The molecule has 0 aliphatic carbocycles. The van der Waals surface area contributed by atoms with Crippen molar-refractivity contribution in [3.8, 4) is 0 Å². The van der Waals surface area contributed by atoms with Crippen LogP contribution in [0.5, 0.6) is 0 Å². The van der Waals surface area contributed by atoms with Crippen LogP contribution >= 0.6 is 11.3 Å². The Morgan fingerprint density at radius 1 is 1.27 bits per heavy atom. The van der Waals surface area contributed by atoms with Gasteiger partial charge in [0, 0.05) is 10.3 Å². The Hall–Kier alpha value is -1.08. The molecule has 0 fully saturated rings. The molecule has 0 aliphatic rings. The van der Waals surface area contributed by atoms with Gasteiger partial charge in [0.15, 0.2) is 0 Å². The van der Waals surface area contributed by atoms with Crippen molar-refractivity contribution in [2.75, 3.05) is 0 Å². The molecule has 2 aromatic rings. The highest BCUT2D eigenvalue weighted by Crippen LogP contribution is 2.24. The second-order valence-corrected chi connectivity index (χ2v) is 3.21. The number of rotatable bonds is 1. The van der Waals surface area contributed by atoms with Crippen molar-refractivity contribution in [1.82, 2.24) is 0 Å². The normalized spacial score (nSPS) is 10.2. The van der Waals surface area contributed by atoms with E-state index in [2.05, 4.69) is 30.2 Å². The van der Waals surface area contributed by atoms with Crippen molar-refractivity contribution in [3.05, 3.63) is 47.2 Å². The smallest absolute Gasteiger partial charge is 0.0421 e. The largest absolute Gasteiger partial charge is 0.143 e. The minimum Gasteiger partial charge on any atom is -0.143 e. The molecule has 1 aromatic heterocycles. The lowest BCUT2D eigenvalue weighted by Gasteiger charge is -1.87. The van der Waals surface area contributed by atoms with Crippen LogP contribution in [0.4, 0.5) is 0 Å². The van der Waals surface area contributed by atoms with E-state index in [0.29, 0.717) is 0 Å². The molecule has 1 radical (unpaired) electrons. The third kappa shape index (κ3) is 0.976. The van der Waals surface area contributed by atoms with Crippen LogP contribution in [0.25, 0.3) is 10.8 Å². The van der Waals surface area contributed by atoms with Gasteiger partial charge in [-0.25, -0.2) is 0 Å². The number of hydrogen-bond acceptors (Lipinski definition) is 1. The minimum absolute atomic E-state index is 1.14. The van der Waals surface area contributed by atoms with Crippen LogP contribution in [0.15, 0.2) is 36.2 Å². The Balaban J connectivity index is 2.86. The fraction of sp³-hybridized carbons (Fsp3) is 0. The molecule has 1 aromatic carbocycles. The van der Waals surface area contributed by atoms with E-state index >= 15 is 0 Å². The van der Waals surface area contributed by atoms with Gasteiger partial charge in [0.2, 0.25) is 0 Å². The Bertz CT molecular complexity index is 384. The molecule has 1 heteroatoms. The standard InChI is InChI=1S/C10H7S/c1-2-10-9-6-4-3-5-8(9)7-11-10/h3-7H,1H2. The molecule has 0 aliphatic heterocycles. The first-order chi connectivity index (χ1) is 5.42. The number of benzene rings is 1. The summed E-state index contributed by atoms with van der Waals surface area (Å²) in [5, 5.41) is 4.67. The predicted molar refractivity (Wildman–Crippen MR) is 49.8 cm³/mol. The van der Waals surface area contributed by atoms with Gasteiger partial charge in [-0.05, 0) is 16.8 Å². The number of fused-ring (bicyclic) bond motifs is 1. The van der Waals surface area contributed by atoms with Gasteiger partial charge in [-0.1, -0.05) is 30.8 Å². The Labute approximate surface area is 69.8 Å². The zero-order valence-electron chi connectivity index (χ0n) is 6.00. The highest BCUT2D eigenvalue weighted by atomic mass is 32.1. The van der Waals surface area contributed by atoms with E-state index in [0.717, 1.165) is 4.88 Å². The van der Waals surface area contributed by atoms with Crippen LogP contribution in [0.1, 0.15) is 4.88 Å². The summed E-state index contributed by atoms with van der Waals surface area (Å²) in [5.41, 5.74) is 0. The highest BCUT2D eigenvalue weighted by Gasteiger charge is 1.97. The van der Waals surface area contributed by atoms with Crippen LogP contribution in [-0.4, -0.2) is 0 Å². The van der Waals surface area contributed by atoms with Gasteiger partial charge in [0.05, 0.1) is 0 Å². The summed E-state index contributed by atoms with van der Waals surface area (Å²) in [4.78, 5) is 1.14. The van der Waals surface area contributed by atoms with Crippen LogP contribution in [0.3, 0.4) is 0 Å². The SMILES string of the molecule is C=[C]c1scc2ccccc12. The average molecular weight is 159 g/mol. The molecule has 0 amide bonds. The lowest BCUT2D eigenvalue weighted by Crippen LogP contribution is -1.65. The van der Waals surface area contributed by atoms with Gasteiger partial charge >= 0.3 is 0 Å². The van der Waals surface area contributed by atoms with E-state index in [4.69, 9.17) is 0 Å². The molecule has 0 saturated heterocycles. The van der Waals surface area contributed by atoms with Crippen molar-refractivity contribution >= 4 is 22.1 Å². The molecule has 1 heterocycles. The maximum absolute atomic E-state index is 3.64. The molecule has 0 unspecified atom stereocenters. The van der Waals surface area contributed by atoms with E-state index in [1.165, 1.54) is 10.8 Å². The fourth-order valence-corrected chi connectivity index (χ4v) is 1.98. The van der Waals surface area contributed by atoms with Gasteiger partial charge in [0.1, 0.15) is 0 Å². The molecular formula is C10H7S. The van der Waals surface area contributed by atoms with Gasteiger partial charge in [-0.2, -0.15) is 0 Å². The summed E-state index contributed by atoms with van der Waals surface area (Å²) >= 11 is 1.69. The Kier molecular flexibility index (Phi) is 1.51. The first-order valence-corrected chi connectivity index (χ1v) is 4.29. The van der Waals surface area contributed by atoms with Crippen LogP contribution < -0.4 is 0 Å². The number of hydrogen-bond donors (Lipinski definition) is 0. The predicted octanol–water partition coefficient (Wildman–Crippen LogP) is 3.24. The van der Waals surface area contributed by atoms with E-state index in [1.807, 2.05) is 12.1 Å². The topological polar surface area (TPSA) is 0 Å². The second-order valence-electron chi connectivity index (χ2n) is 2.33. The summed E-state index contributed by atoms with van der Waals surface area (Å²) in [6.07, 6.45) is 2.92. The van der Waals surface area contributed by atoms with Gasteiger partial charge in [0.25, 0.3) is 0 Å². The van der Waals surface area contributed by atoms with Crippen molar-refractivity contribution < 1.29 is 0 Å². The second kappa shape index (κ2) is 2.51. The average Bonchev–Trinajstić information content (AvgIpc) is 2.47. The minimum atomic E-state index is 1.14. The van der Waals surface area contributed by atoms with Crippen LogP contribution in [0.2, 0.25) is 0 Å². The van der Waals surface area contributed by atoms with Crippen LogP contribution in [-0.2, 0) is 0 Å². The maximum atomic E-state index is 3.64. The first-order valence-electron chi connectivity index (χ1n) is 3.41. The van der Waals surface area contributed by atoms with Crippen molar-refractivity contribution in [1.29, 1.82) is 0 Å². The highest BCUT2D eigenvalue weighted by molar-refractivity contribution is 7.11. The Morgan fingerprint density at radius 2 is 2.09 bits per heavy atom. The Morgan fingerprint density at radius 3 is 2.91 bits per heavy atom. The number of thiophene rings is 1. The molecule has 2 rings (SSSR count). The third-order valence-electron chi connectivity index (χ3n) is 1.67. The van der Waals surface area contributed by atoms with Crippen LogP contribution in [0, 0.1) is 6.08 Å². The molecule has 0 N–H and O–H groups in total. The van der Waals surface area contributed by atoms with Gasteiger partial charge < -0.3 is 0 Å². The lowest BCUT2D eigenvalue weighted by molar-refractivity contribution is 1.81. The molecule has 0 bridgehead atoms. The molecule has 0 saturated carbocycles. The summed E-state index contributed by atoms with van der Waals surface area (Å²) in [5.74, 6) is 0. The molecule has 0 atom stereocenters. The quantitative estimate of drug-likeness (QED) is 0.599. The molecule has 11 heavy (non-hydrogen) atoms. The first kappa shape index (κ1) is 6.62. The summed E-state index contributed by atoms with van der Waals surface area (Å²) in [6, 6.07) is 8.28. The summed E-state index contributed by atoms with van der Waals surface area (Å²) < 4.78 is 0. The molecule has 0 spiro atoms. The van der Waals surface area contributed by atoms with Crippen molar-refractivity contribution in [2.24, 2.45) is 0 Å². The van der Waals surface area contributed by atoms with Gasteiger partial charge in [-0.3, -0.25) is 0 Å². The van der Waals surface area contributed by atoms with E-state index in [-0.39, 0.29) is 0 Å². The van der Waals surface area contributed by atoms with Crippen molar-refractivity contribution in [2.45, 2.75) is 0 Å². The van der Waals surface area contributed by atoms with Gasteiger partial charge in [-0.15, -0.1) is 11.3 Å². The van der Waals surface area contributed by atoms with E-state index in [9.17, 15) is 0 Å². The molecular weight excluding hydrogens is 152 g/mol. The van der Waals surface area contributed by atoms with E-state index in [1.54, 1.807) is 11.3 Å². The zero-order valence-corrected chi connectivity index (χ0v) is 6.82. The third-order valence-corrected chi connectivity index (χ3v) is 2.64. The summed E-state index contributed by atoms with van der Waals surface area (Å²) in [7, 11) is 0. The maximum Gasteiger partial charge on any atom is 0.0421 e. The van der Waals surface area contributed by atoms with Crippen molar-refractivity contribution in [3.63, 3.8) is 0 Å². The molecule has 53 valence electrons. The zero-order chi connectivity index (χ0) is 7.68.